The number of halogens is 5. The molecule has 0 fully saturated rings. The normalized spacial score (nSPS) is 11.5. The van der Waals surface area contributed by atoms with Gasteiger partial charge in [-0.1, -0.05) is 17.7 Å². The van der Waals surface area contributed by atoms with Crippen molar-refractivity contribution in [2.24, 2.45) is 0 Å². The van der Waals surface area contributed by atoms with Crippen molar-refractivity contribution < 1.29 is 37.1 Å². The molecule has 0 saturated heterocycles. The van der Waals surface area contributed by atoms with Crippen molar-refractivity contribution in [1.29, 1.82) is 0 Å². The minimum absolute atomic E-state index is 0.0274. The van der Waals surface area contributed by atoms with E-state index in [2.05, 4.69) is 5.10 Å². The van der Waals surface area contributed by atoms with Crippen LogP contribution in [-0.4, -0.2) is 39.7 Å². The van der Waals surface area contributed by atoms with Crippen LogP contribution < -0.4 is 4.90 Å². The first-order chi connectivity index (χ1) is 17.3. The summed E-state index contributed by atoms with van der Waals surface area (Å²) in [5.41, 5.74) is -2.54. The summed E-state index contributed by atoms with van der Waals surface area (Å²) < 4.78 is 56.8. The number of fused-ring (bicyclic) bond motifs is 1. The van der Waals surface area contributed by atoms with Crippen LogP contribution in [0.5, 0.6) is 0 Å². The van der Waals surface area contributed by atoms with E-state index in [1.165, 1.54) is 37.1 Å². The second-order valence-electron chi connectivity index (χ2n) is 8.00. The third-order valence-electron chi connectivity index (χ3n) is 5.72. The fourth-order valence-corrected chi connectivity index (χ4v) is 4.03. The van der Waals surface area contributed by atoms with Crippen molar-refractivity contribution >= 4 is 46.0 Å². The van der Waals surface area contributed by atoms with Crippen LogP contribution in [-0.2, 0) is 11.0 Å². The molecule has 1 N–H and O–H groups in total. The van der Waals surface area contributed by atoms with Crippen LogP contribution in [0, 0.1) is 5.82 Å². The lowest BCUT2D eigenvalue weighted by Gasteiger charge is -2.16. The topological polar surface area (TPSA) is 92.5 Å². The Hall–Kier alpha value is -4.25. The molecule has 7 nitrogen and oxygen atoms in total. The van der Waals surface area contributed by atoms with Gasteiger partial charge in [-0.3, -0.25) is 9.59 Å². The van der Waals surface area contributed by atoms with E-state index in [4.69, 9.17) is 16.7 Å². The van der Waals surface area contributed by atoms with Crippen LogP contribution in [0.2, 0.25) is 5.02 Å². The zero-order valence-electron chi connectivity index (χ0n) is 19.1. The van der Waals surface area contributed by atoms with Crippen molar-refractivity contribution in [3.8, 4) is 11.3 Å². The number of alkyl halides is 3. The number of carbonyl (C=O) groups is 3. The molecule has 1 amide bonds. The number of aromatic carboxylic acids is 1. The molecule has 0 spiro atoms. The molecule has 0 bridgehead atoms. The first-order valence-electron chi connectivity index (χ1n) is 10.5. The maximum Gasteiger partial charge on any atom is 0.417 e. The van der Waals surface area contributed by atoms with Gasteiger partial charge in [0.1, 0.15) is 11.5 Å². The van der Waals surface area contributed by atoms with Crippen LogP contribution in [0.1, 0.15) is 33.2 Å². The lowest BCUT2D eigenvalue weighted by molar-refractivity contribution is -0.138. The van der Waals surface area contributed by atoms with E-state index in [9.17, 15) is 31.9 Å². The number of rotatable bonds is 4. The molecule has 4 rings (SSSR count). The summed E-state index contributed by atoms with van der Waals surface area (Å²) >= 11 is 6.02. The van der Waals surface area contributed by atoms with Gasteiger partial charge in [-0.25, -0.2) is 9.18 Å². The van der Waals surface area contributed by atoms with E-state index in [1.54, 1.807) is 0 Å². The number of benzene rings is 3. The van der Waals surface area contributed by atoms with Gasteiger partial charge in [-0.05, 0) is 48.5 Å². The van der Waals surface area contributed by atoms with Gasteiger partial charge in [-0.15, -0.1) is 0 Å². The molecular weight excluding hydrogens is 518 g/mol. The largest absolute Gasteiger partial charge is 0.478 e. The van der Waals surface area contributed by atoms with Crippen molar-refractivity contribution in [2.75, 3.05) is 11.9 Å². The molecule has 12 heteroatoms. The van der Waals surface area contributed by atoms with Crippen molar-refractivity contribution in [3.63, 3.8) is 0 Å². The van der Waals surface area contributed by atoms with E-state index in [-0.39, 0.29) is 39.3 Å². The fourth-order valence-electron chi connectivity index (χ4n) is 3.77. The van der Waals surface area contributed by atoms with Crippen molar-refractivity contribution in [1.82, 2.24) is 9.78 Å². The molecule has 0 unspecified atom stereocenters. The Kier molecular flexibility index (Phi) is 6.51. The molecule has 190 valence electrons. The highest BCUT2D eigenvalue weighted by Gasteiger charge is 2.37. The Balaban J connectivity index is 2.02. The molecule has 0 aliphatic heterocycles. The lowest BCUT2D eigenvalue weighted by atomic mass is 10.0. The third-order valence-corrected chi connectivity index (χ3v) is 6.04. The summed E-state index contributed by atoms with van der Waals surface area (Å²) in [6.45, 7) is 1.29. The molecule has 37 heavy (non-hydrogen) atoms. The Labute approximate surface area is 211 Å². The smallest absolute Gasteiger partial charge is 0.417 e. The molecule has 4 aromatic rings. The van der Waals surface area contributed by atoms with E-state index < -0.39 is 40.0 Å². The van der Waals surface area contributed by atoms with Crippen LogP contribution in [0.3, 0.4) is 0 Å². The maximum absolute atomic E-state index is 14.9. The zero-order valence-corrected chi connectivity index (χ0v) is 19.9. The monoisotopic (exact) mass is 533 g/mol. The predicted molar refractivity (Wildman–Crippen MR) is 127 cm³/mol. The minimum Gasteiger partial charge on any atom is -0.478 e. The number of carbonyl (C=O) groups excluding carboxylic acids is 2. The second-order valence-corrected chi connectivity index (χ2v) is 8.41. The quantitative estimate of drug-likeness (QED) is 0.331. The SMILES string of the molecule is CC(=O)N(C)c1ccc2c(-c3ccc(C(=O)O)cc3F)nn(C(=O)c3c(Cl)cccc3C(F)(F)F)c2c1. The Morgan fingerprint density at radius 2 is 1.76 bits per heavy atom. The van der Waals surface area contributed by atoms with E-state index >= 15 is 0 Å². The molecule has 0 saturated carbocycles. The summed E-state index contributed by atoms with van der Waals surface area (Å²) in [6.07, 6.45) is -4.92. The second kappa shape index (κ2) is 9.32. The molecule has 0 atom stereocenters. The first-order valence-corrected chi connectivity index (χ1v) is 10.9. The molecule has 0 aliphatic carbocycles. The molecule has 0 radical (unpaired) electrons. The van der Waals surface area contributed by atoms with Gasteiger partial charge in [0.25, 0.3) is 5.91 Å². The molecule has 0 aliphatic rings. The van der Waals surface area contributed by atoms with E-state index in [0.29, 0.717) is 10.7 Å². The van der Waals surface area contributed by atoms with Gasteiger partial charge in [0.05, 0.1) is 27.2 Å². The summed E-state index contributed by atoms with van der Waals surface area (Å²) in [7, 11) is 1.45. The van der Waals surface area contributed by atoms with E-state index in [1.807, 2.05) is 0 Å². The van der Waals surface area contributed by atoms with E-state index in [0.717, 1.165) is 30.3 Å². The summed E-state index contributed by atoms with van der Waals surface area (Å²) in [5.74, 6) is -3.94. The highest BCUT2D eigenvalue weighted by Crippen LogP contribution is 2.37. The maximum atomic E-state index is 14.9. The van der Waals surface area contributed by atoms with Gasteiger partial charge in [-0.2, -0.15) is 23.0 Å². The highest BCUT2D eigenvalue weighted by atomic mass is 35.5. The highest BCUT2D eigenvalue weighted by molar-refractivity contribution is 6.34. The van der Waals surface area contributed by atoms with Crippen LogP contribution in [0.4, 0.5) is 23.2 Å². The standard InChI is InChI=1S/C25H16ClF4N3O4/c1-12(34)32(2)14-7-9-16-20(11-14)33(23(35)21-17(25(28,29)30)4-3-5-18(21)26)31-22(16)15-8-6-13(24(36)37)10-19(15)27/h3-11H,1-2H3,(H,36,37). The zero-order chi connectivity index (χ0) is 27.2. The number of aromatic nitrogens is 2. The molecular formula is C25H16ClF4N3O4. The molecule has 1 heterocycles. The molecule has 1 aromatic heterocycles. The average molecular weight is 534 g/mol. The Bertz CT molecular complexity index is 1600. The number of nitrogens with zero attached hydrogens (tertiary/aromatic N) is 3. The Morgan fingerprint density at radius 1 is 1.05 bits per heavy atom. The third kappa shape index (κ3) is 4.65. The lowest BCUT2D eigenvalue weighted by Crippen LogP contribution is -2.23. The van der Waals surface area contributed by atoms with Gasteiger partial charge in [0.15, 0.2) is 0 Å². The molecule has 3 aromatic carbocycles. The van der Waals surface area contributed by atoms with Gasteiger partial charge in [0, 0.05) is 30.6 Å². The number of hydrogen-bond acceptors (Lipinski definition) is 4. The minimum atomic E-state index is -4.92. The van der Waals surface area contributed by atoms with Crippen molar-refractivity contribution in [3.05, 3.63) is 82.1 Å². The number of amides is 1. The predicted octanol–water partition coefficient (Wildman–Crippen LogP) is 5.88. The van der Waals surface area contributed by atoms with Crippen LogP contribution >= 0.6 is 11.6 Å². The van der Waals surface area contributed by atoms with Gasteiger partial charge >= 0.3 is 12.1 Å². The fraction of sp³-hybridized carbons (Fsp3) is 0.120. The summed E-state index contributed by atoms with van der Waals surface area (Å²) in [5, 5.41) is 12.9. The van der Waals surface area contributed by atoms with Crippen LogP contribution in [0.25, 0.3) is 22.2 Å². The number of hydrogen-bond donors (Lipinski definition) is 1. The summed E-state index contributed by atoms with van der Waals surface area (Å²) in [4.78, 5) is 37.8. The van der Waals surface area contributed by atoms with Crippen molar-refractivity contribution in [2.45, 2.75) is 13.1 Å². The number of carboxylic acid groups (broad SMARTS) is 1. The number of anilines is 1. The average Bonchev–Trinajstić information content (AvgIpc) is 3.20. The van der Waals surface area contributed by atoms with Crippen LogP contribution in [0.15, 0.2) is 54.6 Å². The first kappa shape index (κ1) is 25.8. The van der Waals surface area contributed by atoms with Gasteiger partial charge < -0.3 is 10.0 Å². The Morgan fingerprint density at radius 3 is 2.35 bits per heavy atom. The summed E-state index contributed by atoms with van der Waals surface area (Å²) in [6, 6.07) is 10.2. The van der Waals surface area contributed by atoms with Gasteiger partial charge in [0.2, 0.25) is 5.91 Å². The number of carboxylic acids is 1.